The van der Waals surface area contributed by atoms with Gasteiger partial charge in [-0.05, 0) is 66.9 Å². The van der Waals surface area contributed by atoms with E-state index in [9.17, 15) is 20.1 Å². The zero-order valence-electron chi connectivity index (χ0n) is 20.6. The van der Waals surface area contributed by atoms with E-state index in [1.165, 1.54) is 21.5 Å². The first kappa shape index (κ1) is 25.5. The Morgan fingerprint density at radius 3 is 1.08 bits per heavy atom. The standard InChI is InChI=1S/2C16H13BO2/c2*18-17(19)16-7-3-6-14(11-16)15-9-8-12-4-1-2-5-13(12)10-15/h2*1-11,18-19H. The van der Waals surface area contributed by atoms with Gasteiger partial charge < -0.3 is 20.1 Å². The van der Waals surface area contributed by atoms with Gasteiger partial charge in [0.25, 0.3) is 0 Å². The quantitative estimate of drug-likeness (QED) is 0.274. The van der Waals surface area contributed by atoms with Crippen molar-refractivity contribution in [3.8, 4) is 22.3 Å². The van der Waals surface area contributed by atoms with E-state index in [1.807, 2.05) is 60.7 Å². The highest BCUT2D eigenvalue weighted by Crippen LogP contribution is 2.25. The molecule has 184 valence electrons. The molecule has 0 fully saturated rings. The molecule has 0 saturated heterocycles. The van der Waals surface area contributed by atoms with Crippen LogP contribution in [0.25, 0.3) is 43.8 Å². The third kappa shape index (κ3) is 5.86. The average molecular weight is 496 g/mol. The average Bonchev–Trinajstić information content (AvgIpc) is 2.97. The molecule has 6 aromatic carbocycles. The Morgan fingerprint density at radius 2 is 0.684 bits per heavy atom. The van der Waals surface area contributed by atoms with Gasteiger partial charge in [-0.2, -0.15) is 0 Å². The molecule has 0 aliphatic rings. The Morgan fingerprint density at radius 1 is 0.316 bits per heavy atom. The van der Waals surface area contributed by atoms with Crippen LogP contribution in [0.4, 0.5) is 0 Å². The number of hydrogen-bond acceptors (Lipinski definition) is 4. The zero-order valence-corrected chi connectivity index (χ0v) is 20.6. The van der Waals surface area contributed by atoms with Gasteiger partial charge in [0.05, 0.1) is 0 Å². The summed E-state index contributed by atoms with van der Waals surface area (Å²) in [6, 6.07) is 43.4. The molecule has 6 aromatic rings. The maximum absolute atomic E-state index is 9.22. The maximum atomic E-state index is 9.22. The van der Waals surface area contributed by atoms with Crippen LogP contribution in [0.5, 0.6) is 0 Å². The summed E-state index contributed by atoms with van der Waals surface area (Å²) in [6.07, 6.45) is 0. The van der Waals surface area contributed by atoms with Crippen molar-refractivity contribution in [3.63, 3.8) is 0 Å². The van der Waals surface area contributed by atoms with Crippen LogP contribution in [0.1, 0.15) is 0 Å². The molecule has 0 heterocycles. The van der Waals surface area contributed by atoms with E-state index in [0.717, 1.165) is 22.3 Å². The van der Waals surface area contributed by atoms with E-state index >= 15 is 0 Å². The molecule has 4 N–H and O–H groups in total. The van der Waals surface area contributed by atoms with Crippen LogP contribution in [-0.2, 0) is 0 Å². The Labute approximate surface area is 222 Å². The fraction of sp³-hybridized carbons (Fsp3) is 0. The lowest BCUT2D eigenvalue weighted by molar-refractivity contribution is 0.424. The van der Waals surface area contributed by atoms with Crippen LogP contribution in [0.2, 0.25) is 0 Å². The Balaban J connectivity index is 0.000000155. The van der Waals surface area contributed by atoms with Crippen molar-refractivity contribution >= 4 is 46.7 Å². The zero-order chi connectivity index (χ0) is 26.5. The Kier molecular flexibility index (Phi) is 7.68. The molecule has 0 saturated carbocycles. The summed E-state index contributed by atoms with van der Waals surface area (Å²) in [4.78, 5) is 0. The third-order valence-electron chi connectivity index (χ3n) is 6.54. The molecule has 0 bridgehead atoms. The molecule has 0 radical (unpaired) electrons. The smallest absolute Gasteiger partial charge is 0.423 e. The molecular weight excluding hydrogens is 470 g/mol. The summed E-state index contributed by atoms with van der Waals surface area (Å²) in [6.45, 7) is 0. The molecule has 4 nitrogen and oxygen atoms in total. The molecule has 6 heteroatoms. The van der Waals surface area contributed by atoms with Gasteiger partial charge in [0.15, 0.2) is 0 Å². The van der Waals surface area contributed by atoms with E-state index < -0.39 is 14.2 Å². The fourth-order valence-electron chi connectivity index (χ4n) is 4.50. The highest BCUT2D eigenvalue weighted by atomic mass is 16.4. The monoisotopic (exact) mass is 496 g/mol. The molecule has 0 atom stereocenters. The van der Waals surface area contributed by atoms with Gasteiger partial charge in [-0.25, -0.2) is 0 Å². The van der Waals surface area contributed by atoms with Crippen molar-refractivity contribution in [1.82, 2.24) is 0 Å². The lowest BCUT2D eigenvalue weighted by Gasteiger charge is -2.06. The number of benzene rings is 6. The van der Waals surface area contributed by atoms with Crippen LogP contribution in [0.3, 0.4) is 0 Å². The van der Waals surface area contributed by atoms with Gasteiger partial charge in [0.2, 0.25) is 0 Å². The first-order valence-electron chi connectivity index (χ1n) is 12.4. The number of rotatable bonds is 4. The van der Waals surface area contributed by atoms with Crippen molar-refractivity contribution in [1.29, 1.82) is 0 Å². The summed E-state index contributed by atoms with van der Waals surface area (Å²) in [7, 11) is -2.86. The van der Waals surface area contributed by atoms with Gasteiger partial charge in [0.1, 0.15) is 0 Å². The second-order valence-corrected chi connectivity index (χ2v) is 9.12. The lowest BCUT2D eigenvalue weighted by Crippen LogP contribution is -2.29. The molecule has 0 aliphatic carbocycles. The summed E-state index contributed by atoms with van der Waals surface area (Å²) in [5, 5.41) is 41.6. The number of fused-ring (bicyclic) bond motifs is 2. The second kappa shape index (κ2) is 11.5. The minimum Gasteiger partial charge on any atom is -0.423 e. The Hall–Kier alpha value is -4.19. The molecule has 0 spiro atoms. The predicted octanol–water partition coefficient (Wildman–Crippen LogP) is 4.37. The Bertz CT molecular complexity index is 1570. The molecule has 0 aliphatic heterocycles. The highest BCUT2D eigenvalue weighted by molar-refractivity contribution is 6.59. The molecule has 0 aromatic heterocycles. The van der Waals surface area contributed by atoms with Crippen LogP contribution < -0.4 is 10.9 Å². The summed E-state index contributed by atoms with van der Waals surface area (Å²) < 4.78 is 0. The summed E-state index contributed by atoms with van der Waals surface area (Å²) in [5.74, 6) is 0. The largest absolute Gasteiger partial charge is 0.488 e. The normalized spacial score (nSPS) is 10.6. The van der Waals surface area contributed by atoms with Crippen molar-refractivity contribution in [3.05, 3.63) is 133 Å². The van der Waals surface area contributed by atoms with E-state index in [0.29, 0.717) is 10.9 Å². The topological polar surface area (TPSA) is 80.9 Å². The first-order chi connectivity index (χ1) is 18.5. The first-order valence-corrected chi connectivity index (χ1v) is 12.4. The van der Waals surface area contributed by atoms with Gasteiger partial charge in [-0.3, -0.25) is 0 Å². The minimum atomic E-state index is -1.43. The van der Waals surface area contributed by atoms with E-state index in [2.05, 4.69) is 48.5 Å². The molecular formula is C32H26B2O4. The second-order valence-electron chi connectivity index (χ2n) is 9.12. The van der Waals surface area contributed by atoms with E-state index in [-0.39, 0.29) is 0 Å². The highest BCUT2D eigenvalue weighted by Gasteiger charge is 2.12. The predicted molar refractivity (Wildman–Crippen MR) is 158 cm³/mol. The molecule has 38 heavy (non-hydrogen) atoms. The molecule has 0 amide bonds. The van der Waals surface area contributed by atoms with Crippen molar-refractivity contribution in [2.45, 2.75) is 0 Å². The van der Waals surface area contributed by atoms with Gasteiger partial charge in [0, 0.05) is 0 Å². The van der Waals surface area contributed by atoms with Crippen LogP contribution >= 0.6 is 0 Å². The van der Waals surface area contributed by atoms with Crippen molar-refractivity contribution in [2.75, 3.05) is 0 Å². The van der Waals surface area contributed by atoms with E-state index in [4.69, 9.17) is 0 Å². The summed E-state index contributed by atoms with van der Waals surface area (Å²) >= 11 is 0. The number of hydrogen-bond donors (Lipinski definition) is 4. The van der Waals surface area contributed by atoms with Crippen LogP contribution in [0, 0.1) is 0 Å². The van der Waals surface area contributed by atoms with Crippen molar-refractivity contribution in [2.24, 2.45) is 0 Å². The molecule has 6 rings (SSSR count). The summed E-state index contributed by atoms with van der Waals surface area (Å²) in [5.41, 5.74) is 5.12. The lowest BCUT2D eigenvalue weighted by atomic mass is 9.79. The van der Waals surface area contributed by atoms with Crippen LogP contribution in [0.15, 0.2) is 133 Å². The molecule has 0 unspecified atom stereocenters. The van der Waals surface area contributed by atoms with Gasteiger partial charge >= 0.3 is 14.2 Å². The third-order valence-corrected chi connectivity index (χ3v) is 6.54. The van der Waals surface area contributed by atoms with Crippen LogP contribution in [-0.4, -0.2) is 34.3 Å². The maximum Gasteiger partial charge on any atom is 0.488 e. The minimum absolute atomic E-state index is 0.505. The fourth-order valence-corrected chi connectivity index (χ4v) is 4.50. The van der Waals surface area contributed by atoms with Crippen molar-refractivity contribution < 1.29 is 20.1 Å². The van der Waals surface area contributed by atoms with Gasteiger partial charge in [-0.1, -0.05) is 121 Å². The SMILES string of the molecule is OB(O)c1cccc(-c2ccc3ccccc3c2)c1.OB(O)c1cccc(-c2ccc3ccccc3c2)c1. The van der Waals surface area contributed by atoms with E-state index in [1.54, 1.807) is 24.3 Å². The van der Waals surface area contributed by atoms with Gasteiger partial charge in [-0.15, -0.1) is 0 Å².